The number of hydrogen-bond acceptors (Lipinski definition) is 5. The molecule has 1 fully saturated rings. The summed E-state index contributed by atoms with van der Waals surface area (Å²) < 4.78 is 32.6. The summed E-state index contributed by atoms with van der Waals surface area (Å²) in [6, 6.07) is 2.61. The molecule has 1 aliphatic heterocycles. The largest absolute Gasteiger partial charge is 0.444 e. The first-order chi connectivity index (χ1) is 11.1. The normalized spacial score (nSPS) is 16.9. The predicted octanol–water partition coefficient (Wildman–Crippen LogP) is 2.41. The molecule has 0 saturated carbocycles. The zero-order chi connectivity index (χ0) is 18.0. The van der Waals surface area contributed by atoms with Gasteiger partial charge in [-0.1, -0.05) is 11.6 Å². The van der Waals surface area contributed by atoms with Gasteiger partial charge >= 0.3 is 6.09 Å². The lowest BCUT2D eigenvalue weighted by Gasteiger charge is -2.33. The van der Waals surface area contributed by atoms with Crippen molar-refractivity contribution in [2.24, 2.45) is 0 Å². The molecule has 134 valence electrons. The molecule has 2 rings (SSSR count). The number of nitrogens with zero attached hydrogens (tertiary/aromatic N) is 2. The lowest BCUT2D eigenvalue weighted by molar-refractivity contribution is 0.0203. The molecule has 0 bridgehead atoms. The average molecular weight is 376 g/mol. The van der Waals surface area contributed by atoms with Crippen LogP contribution in [-0.2, 0) is 14.8 Å². The van der Waals surface area contributed by atoms with Crippen molar-refractivity contribution in [3.05, 3.63) is 23.5 Å². The van der Waals surface area contributed by atoms with Crippen molar-refractivity contribution in [1.29, 1.82) is 0 Å². The maximum atomic E-state index is 12.3. The number of hydrogen-bond donors (Lipinski definition) is 1. The standard InChI is InChI=1S/C15H22ClN3O4S/c1-15(2,3)23-14(20)19-8-6-11(7-9-19)18-24(21,22)12-4-5-13(16)17-10-12/h4-5,10-11,18H,6-9H2,1-3H3. The van der Waals surface area contributed by atoms with E-state index in [0.29, 0.717) is 25.9 Å². The number of carbonyl (C=O) groups excluding carboxylic acids is 1. The van der Waals surface area contributed by atoms with Crippen molar-refractivity contribution in [1.82, 2.24) is 14.6 Å². The van der Waals surface area contributed by atoms with Crippen LogP contribution >= 0.6 is 11.6 Å². The molecule has 0 atom stereocenters. The SMILES string of the molecule is CC(C)(C)OC(=O)N1CCC(NS(=O)(=O)c2ccc(Cl)nc2)CC1. The van der Waals surface area contributed by atoms with Crippen molar-refractivity contribution in [3.63, 3.8) is 0 Å². The number of rotatable bonds is 3. The summed E-state index contributed by atoms with van der Waals surface area (Å²) >= 11 is 5.67. The van der Waals surface area contributed by atoms with Gasteiger partial charge in [0.1, 0.15) is 15.6 Å². The quantitative estimate of drug-likeness (QED) is 0.819. The highest BCUT2D eigenvalue weighted by atomic mass is 35.5. The van der Waals surface area contributed by atoms with Crippen molar-refractivity contribution in [2.45, 2.75) is 50.2 Å². The van der Waals surface area contributed by atoms with Gasteiger partial charge in [-0.2, -0.15) is 0 Å². The first-order valence-corrected chi connectivity index (χ1v) is 9.55. The maximum absolute atomic E-state index is 12.3. The van der Waals surface area contributed by atoms with Gasteiger partial charge in [0, 0.05) is 25.3 Å². The highest BCUT2D eigenvalue weighted by molar-refractivity contribution is 7.89. The molecule has 1 aromatic heterocycles. The monoisotopic (exact) mass is 375 g/mol. The molecule has 2 heterocycles. The number of aromatic nitrogens is 1. The number of amides is 1. The van der Waals surface area contributed by atoms with Crippen LogP contribution in [0.4, 0.5) is 4.79 Å². The lowest BCUT2D eigenvalue weighted by atomic mass is 10.1. The summed E-state index contributed by atoms with van der Waals surface area (Å²) in [5.41, 5.74) is -0.545. The van der Waals surface area contributed by atoms with Gasteiger partial charge in [0.05, 0.1) is 0 Å². The average Bonchev–Trinajstić information content (AvgIpc) is 2.46. The number of pyridine rings is 1. The second kappa shape index (κ2) is 7.25. The molecule has 1 aliphatic rings. The molecule has 9 heteroatoms. The Morgan fingerprint density at radius 2 is 1.96 bits per heavy atom. The van der Waals surface area contributed by atoms with E-state index in [1.165, 1.54) is 18.3 Å². The van der Waals surface area contributed by atoms with Crippen LogP contribution in [-0.4, -0.2) is 49.1 Å². The molecular formula is C15H22ClN3O4S. The van der Waals surface area contributed by atoms with Crippen LogP contribution in [0.1, 0.15) is 33.6 Å². The minimum atomic E-state index is -3.65. The van der Waals surface area contributed by atoms with Gasteiger partial charge in [-0.05, 0) is 45.7 Å². The zero-order valence-electron chi connectivity index (χ0n) is 14.0. The Hall–Kier alpha value is -1.38. The van der Waals surface area contributed by atoms with E-state index in [0.717, 1.165) is 0 Å². The first-order valence-electron chi connectivity index (χ1n) is 7.69. The molecule has 7 nitrogen and oxygen atoms in total. The van der Waals surface area contributed by atoms with E-state index < -0.39 is 15.6 Å². The predicted molar refractivity (Wildman–Crippen MR) is 90.4 cm³/mol. The fraction of sp³-hybridized carbons (Fsp3) is 0.600. The van der Waals surface area contributed by atoms with Crippen LogP contribution < -0.4 is 4.72 Å². The second-order valence-electron chi connectivity index (χ2n) is 6.68. The summed E-state index contributed by atoms with van der Waals surface area (Å²) in [7, 11) is -3.65. The van der Waals surface area contributed by atoms with Crippen LogP contribution in [0.15, 0.2) is 23.2 Å². The Labute approximate surface area is 147 Å². The van der Waals surface area contributed by atoms with Crippen molar-refractivity contribution < 1.29 is 17.9 Å². The molecular weight excluding hydrogens is 354 g/mol. The molecule has 1 saturated heterocycles. The Morgan fingerprint density at radius 3 is 2.46 bits per heavy atom. The minimum Gasteiger partial charge on any atom is -0.444 e. The Bertz CT molecular complexity index is 678. The molecule has 0 spiro atoms. The number of carbonyl (C=O) groups is 1. The fourth-order valence-corrected chi connectivity index (χ4v) is 3.68. The molecule has 0 unspecified atom stereocenters. The summed E-state index contributed by atoms with van der Waals surface area (Å²) in [6.07, 6.45) is 1.91. The van der Waals surface area contributed by atoms with Crippen LogP contribution in [0.5, 0.6) is 0 Å². The third kappa shape index (κ3) is 5.32. The Morgan fingerprint density at radius 1 is 1.33 bits per heavy atom. The Kier molecular flexibility index (Phi) is 5.72. The van der Waals surface area contributed by atoms with E-state index in [2.05, 4.69) is 9.71 Å². The zero-order valence-corrected chi connectivity index (χ0v) is 15.5. The molecule has 0 radical (unpaired) electrons. The summed E-state index contributed by atoms with van der Waals surface area (Å²) in [6.45, 7) is 6.33. The van der Waals surface area contributed by atoms with E-state index >= 15 is 0 Å². The van der Waals surface area contributed by atoms with Crippen LogP contribution in [0.3, 0.4) is 0 Å². The number of nitrogens with one attached hydrogen (secondary N) is 1. The van der Waals surface area contributed by atoms with E-state index in [9.17, 15) is 13.2 Å². The molecule has 0 aliphatic carbocycles. The molecule has 1 N–H and O–H groups in total. The molecule has 0 aromatic carbocycles. The fourth-order valence-electron chi connectivity index (χ4n) is 2.32. The summed E-state index contributed by atoms with van der Waals surface area (Å²) in [4.78, 5) is 17.5. The number of likely N-dealkylation sites (tertiary alicyclic amines) is 1. The van der Waals surface area contributed by atoms with Crippen LogP contribution in [0.25, 0.3) is 0 Å². The Balaban J connectivity index is 1.91. The molecule has 24 heavy (non-hydrogen) atoms. The van der Waals surface area contributed by atoms with E-state index in [-0.39, 0.29) is 22.2 Å². The number of sulfonamides is 1. The van der Waals surface area contributed by atoms with Gasteiger partial charge in [-0.15, -0.1) is 0 Å². The summed E-state index contributed by atoms with van der Waals surface area (Å²) in [5.74, 6) is 0. The highest BCUT2D eigenvalue weighted by Gasteiger charge is 2.29. The highest BCUT2D eigenvalue weighted by Crippen LogP contribution is 2.18. The third-order valence-corrected chi connectivity index (χ3v) is 5.21. The van der Waals surface area contributed by atoms with Gasteiger partial charge in [-0.3, -0.25) is 0 Å². The van der Waals surface area contributed by atoms with Gasteiger partial charge in [-0.25, -0.2) is 22.9 Å². The maximum Gasteiger partial charge on any atom is 0.410 e. The van der Waals surface area contributed by atoms with Gasteiger partial charge < -0.3 is 9.64 Å². The minimum absolute atomic E-state index is 0.0708. The summed E-state index contributed by atoms with van der Waals surface area (Å²) in [5, 5.41) is 0.236. The van der Waals surface area contributed by atoms with E-state index in [4.69, 9.17) is 16.3 Å². The molecule has 1 amide bonds. The van der Waals surface area contributed by atoms with Crippen molar-refractivity contribution in [3.8, 4) is 0 Å². The van der Waals surface area contributed by atoms with Crippen LogP contribution in [0.2, 0.25) is 5.15 Å². The first kappa shape index (κ1) is 19.0. The van der Waals surface area contributed by atoms with E-state index in [1.54, 1.807) is 4.90 Å². The van der Waals surface area contributed by atoms with Gasteiger partial charge in [0.15, 0.2) is 0 Å². The van der Waals surface area contributed by atoms with Crippen LogP contribution in [0, 0.1) is 0 Å². The van der Waals surface area contributed by atoms with E-state index in [1.807, 2.05) is 20.8 Å². The van der Waals surface area contributed by atoms with Crippen molar-refractivity contribution in [2.75, 3.05) is 13.1 Å². The topological polar surface area (TPSA) is 88.6 Å². The van der Waals surface area contributed by atoms with Gasteiger partial charge in [0.2, 0.25) is 10.0 Å². The second-order valence-corrected chi connectivity index (χ2v) is 8.78. The number of piperidine rings is 1. The third-order valence-electron chi connectivity index (χ3n) is 3.48. The lowest BCUT2D eigenvalue weighted by Crippen LogP contribution is -2.47. The number of ether oxygens (including phenoxy) is 1. The smallest absolute Gasteiger partial charge is 0.410 e. The van der Waals surface area contributed by atoms with Crippen molar-refractivity contribution >= 4 is 27.7 Å². The number of halogens is 1. The van der Waals surface area contributed by atoms with Gasteiger partial charge in [0.25, 0.3) is 0 Å². The molecule has 1 aromatic rings.